The molecule has 5 heteroatoms. The Morgan fingerprint density at radius 2 is 2.42 bits per heavy atom. The van der Waals surface area contributed by atoms with E-state index in [0.717, 1.165) is 6.42 Å². The van der Waals surface area contributed by atoms with Gasteiger partial charge < -0.3 is 15.6 Å². The Kier molecular flexibility index (Phi) is 3.11. The van der Waals surface area contributed by atoms with Gasteiger partial charge in [0.05, 0.1) is 12.7 Å². The van der Waals surface area contributed by atoms with Gasteiger partial charge in [-0.3, -0.25) is 4.79 Å². The summed E-state index contributed by atoms with van der Waals surface area (Å²) in [6.07, 6.45) is 0.927. The van der Waals surface area contributed by atoms with Gasteiger partial charge in [0, 0.05) is 12.4 Å². The highest BCUT2D eigenvalue weighted by Gasteiger charge is 2.32. The summed E-state index contributed by atoms with van der Waals surface area (Å²) in [5.41, 5.74) is 5.06. The fraction of sp³-hybridized carbons (Fsp3) is 0.857. The van der Waals surface area contributed by atoms with Crippen LogP contribution in [0.2, 0.25) is 0 Å². The van der Waals surface area contributed by atoms with E-state index in [2.05, 4.69) is 0 Å². The average Bonchev–Trinajstić information content (AvgIpc) is 2.29. The Morgan fingerprint density at radius 3 is 2.92 bits per heavy atom. The predicted molar refractivity (Wildman–Crippen MR) is 46.2 cm³/mol. The van der Waals surface area contributed by atoms with Crippen LogP contribution in [0.4, 0.5) is 0 Å². The standard InChI is InChI=1S/C7H14BNO3/c8-6-1-4(2-7(9)11)5(3-10)12-6/h4-6,10H,1-3,8H2,(H2,9,11)/t4-,5+,6+/m0/s1. The summed E-state index contributed by atoms with van der Waals surface area (Å²) in [4.78, 5) is 10.6. The molecule has 0 unspecified atom stereocenters. The molecular formula is C7H14BNO3. The van der Waals surface area contributed by atoms with Crippen molar-refractivity contribution in [1.29, 1.82) is 0 Å². The highest BCUT2D eigenvalue weighted by molar-refractivity contribution is 6.11. The Morgan fingerprint density at radius 1 is 1.75 bits per heavy atom. The number of rotatable bonds is 3. The molecule has 3 N–H and O–H groups in total. The molecule has 0 aromatic carbocycles. The van der Waals surface area contributed by atoms with Gasteiger partial charge in [-0.25, -0.2) is 0 Å². The lowest BCUT2D eigenvalue weighted by molar-refractivity contribution is -0.119. The lowest BCUT2D eigenvalue weighted by atomic mass is 9.89. The Balaban J connectivity index is 2.46. The zero-order valence-corrected chi connectivity index (χ0v) is 7.19. The van der Waals surface area contributed by atoms with Crippen LogP contribution in [0.3, 0.4) is 0 Å². The second-order valence-corrected chi connectivity index (χ2v) is 3.33. The first kappa shape index (κ1) is 9.54. The van der Waals surface area contributed by atoms with Crippen molar-refractivity contribution < 1.29 is 14.6 Å². The number of aliphatic hydroxyl groups excluding tert-OH is 1. The first-order valence-corrected chi connectivity index (χ1v) is 4.18. The van der Waals surface area contributed by atoms with Crippen LogP contribution in [0.5, 0.6) is 0 Å². The quantitative estimate of drug-likeness (QED) is 0.493. The maximum atomic E-state index is 10.6. The van der Waals surface area contributed by atoms with Crippen molar-refractivity contribution >= 4 is 13.8 Å². The third-order valence-electron chi connectivity index (χ3n) is 2.21. The molecule has 1 amide bonds. The second-order valence-electron chi connectivity index (χ2n) is 3.33. The zero-order valence-electron chi connectivity index (χ0n) is 7.19. The molecule has 1 rings (SSSR count). The van der Waals surface area contributed by atoms with Crippen molar-refractivity contribution in [2.75, 3.05) is 6.61 Å². The molecule has 3 atom stereocenters. The Labute approximate surface area is 72.5 Å². The summed E-state index contributed by atoms with van der Waals surface area (Å²) in [5.74, 6) is -0.223. The van der Waals surface area contributed by atoms with Crippen LogP contribution in [-0.4, -0.2) is 37.6 Å². The molecule has 1 heterocycles. The monoisotopic (exact) mass is 171 g/mol. The van der Waals surface area contributed by atoms with Crippen LogP contribution >= 0.6 is 0 Å². The van der Waals surface area contributed by atoms with E-state index in [1.807, 2.05) is 7.85 Å². The summed E-state index contributed by atoms with van der Waals surface area (Å²) < 4.78 is 5.37. The molecule has 68 valence electrons. The van der Waals surface area contributed by atoms with Crippen LogP contribution in [0.1, 0.15) is 12.8 Å². The summed E-state index contributed by atoms with van der Waals surface area (Å²) in [6.45, 7) is -0.0255. The molecule has 1 aliphatic heterocycles. The summed E-state index contributed by atoms with van der Waals surface area (Å²) in [5, 5.41) is 8.89. The van der Waals surface area contributed by atoms with E-state index in [4.69, 9.17) is 15.6 Å². The largest absolute Gasteiger partial charge is 0.394 e. The number of nitrogens with two attached hydrogens (primary N) is 1. The maximum Gasteiger partial charge on any atom is 0.217 e. The number of primary amides is 1. The zero-order chi connectivity index (χ0) is 9.14. The van der Waals surface area contributed by atoms with Crippen LogP contribution in [0.15, 0.2) is 0 Å². The van der Waals surface area contributed by atoms with Gasteiger partial charge >= 0.3 is 0 Å². The molecule has 1 fully saturated rings. The van der Waals surface area contributed by atoms with E-state index >= 15 is 0 Å². The molecule has 1 saturated heterocycles. The van der Waals surface area contributed by atoms with Gasteiger partial charge in [0.1, 0.15) is 7.85 Å². The van der Waals surface area contributed by atoms with E-state index in [-0.39, 0.29) is 30.5 Å². The SMILES string of the molecule is B[C@H]1C[C@@H](CC(N)=O)[C@@H](CO)O1. The summed E-state index contributed by atoms with van der Waals surface area (Å²) >= 11 is 0. The van der Waals surface area contributed by atoms with Crippen molar-refractivity contribution in [2.24, 2.45) is 11.7 Å². The van der Waals surface area contributed by atoms with Crippen molar-refractivity contribution in [1.82, 2.24) is 0 Å². The number of carbonyl (C=O) groups excluding carboxylic acids is 1. The second kappa shape index (κ2) is 3.91. The highest BCUT2D eigenvalue weighted by atomic mass is 16.5. The maximum absolute atomic E-state index is 10.6. The summed E-state index contributed by atoms with van der Waals surface area (Å²) in [6, 6.07) is 0.131. The number of hydrogen-bond acceptors (Lipinski definition) is 3. The van der Waals surface area contributed by atoms with Crippen LogP contribution in [0.25, 0.3) is 0 Å². The number of ether oxygens (including phenoxy) is 1. The molecule has 0 aliphatic carbocycles. The van der Waals surface area contributed by atoms with Gasteiger partial charge in [0.15, 0.2) is 0 Å². The molecule has 0 saturated carbocycles. The van der Waals surface area contributed by atoms with E-state index in [9.17, 15) is 4.79 Å². The third kappa shape index (κ3) is 2.22. The lowest BCUT2D eigenvalue weighted by Crippen LogP contribution is -2.25. The smallest absolute Gasteiger partial charge is 0.217 e. The van der Waals surface area contributed by atoms with Gasteiger partial charge in [-0.1, -0.05) is 0 Å². The van der Waals surface area contributed by atoms with E-state index in [1.165, 1.54) is 0 Å². The number of amides is 1. The molecule has 4 nitrogen and oxygen atoms in total. The number of carbonyl (C=O) groups is 1. The normalized spacial score (nSPS) is 35.2. The molecule has 1 aliphatic rings. The van der Waals surface area contributed by atoms with Gasteiger partial charge in [0.2, 0.25) is 5.91 Å². The van der Waals surface area contributed by atoms with E-state index in [1.54, 1.807) is 0 Å². The molecule has 0 aromatic heterocycles. The molecule has 0 radical (unpaired) electrons. The summed E-state index contributed by atoms with van der Waals surface area (Å²) in [7, 11) is 1.93. The van der Waals surface area contributed by atoms with Gasteiger partial charge in [0.25, 0.3) is 0 Å². The number of hydrogen-bond donors (Lipinski definition) is 2. The van der Waals surface area contributed by atoms with E-state index < -0.39 is 0 Å². The van der Waals surface area contributed by atoms with Crippen molar-refractivity contribution in [2.45, 2.75) is 24.9 Å². The van der Waals surface area contributed by atoms with Gasteiger partial charge in [-0.15, -0.1) is 0 Å². The minimum absolute atomic E-state index is 0.0255. The van der Waals surface area contributed by atoms with Gasteiger partial charge in [-0.2, -0.15) is 0 Å². The van der Waals surface area contributed by atoms with Gasteiger partial charge in [-0.05, 0) is 12.3 Å². The Bertz CT molecular complexity index is 176. The minimum Gasteiger partial charge on any atom is -0.394 e. The van der Waals surface area contributed by atoms with E-state index in [0.29, 0.717) is 6.42 Å². The Hall–Kier alpha value is -0.545. The lowest BCUT2D eigenvalue weighted by Gasteiger charge is -2.13. The molecule has 0 spiro atoms. The molecule has 12 heavy (non-hydrogen) atoms. The average molecular weight is 171 g/mol. The fourth-order valence-electron chi connectivity index (χ4n) is 1.71. The highest BCUT2D eigenvalue weighted by Crippen LogP contribution is 2.27. The predicted octanol–water partition coefficient (Wildman–Crippen LogP) is -1.78. The van der Waals surface area contributed by atoms with Crippen LogP contribution in [0, 0.1) is 5.92 Å². The first-order valence-electron chi connectivity index (χ1n) is 4.18. The van der Waals surface area contributed by atoms with Crippen molar-refractivity contribution in [3.05, 3.63) is 0 Å². The van der Waals surface area contributed by atoms with Crippen molar-refractivity contribution in [3.8, 4) is 0 Å². The topological polar surface area (TPSA) is 72.6 Å². The molecule has 0 bridgehead atoms. The first-order chi connectivity index (χ1) is 5.63. The van der Waals surface area contributed by atoms with Crippen LogP contribution < -0.4 is 5.73 Å². The molecular weight excluding hydrogens is 157 g/mol. The third-order valence-corrected chi connectivity index (χ3v) is 2.21. The molecule has 0 aromatic rings. The fourth-order valence-corrected chi connectivity index (χ4v) is 1.71. The van der Waals surface area contributed by atoms with Crippen LogP contribution in [-0.2, 0) is 9.53 Å². The number of aliphatic hydroxyl groups is 1. The van der Waals surface area contributed by atoms with Crippen molar-refractivity contribution in [3.63, 3.8) is 0 Å². The minimum atomic E-state index is -0.323.